The Balaban J connectivity index is 0.00000168. The van der Waals surface area contributed by atoms with Gasteiger partial charge < -0.3 is 20.9 Å². The highest BCUT2D eigenvalue weighted by Crippen LogP contribution is 2.52. The van der Waals surface area contributed by atoms with Crippen LogP contribution in [0.3, 0.4) is 0 Å². The highest BCUT2D eigenvalue weighted by molar-refractivity contribution is 6.00. The Bertz CT molecular complexity index is 1560. The number of rotatable bonds is 13. The van der Waals surface area contributed by atoms with Crippen LogP contribution in [0.2, 0.25) is 0 Å². The molecule has 1 aliphatic heterocycles. The van der Waals surface area contributed by atoms with Gasteiger partial charge in [0.25, 0.3) is 5.91 Å². The Morgan fingerprint density at radius 2 is 1.62 bits per heavy atom. The number of aromatic nitrogens is 2. The van der Waals surface area contributed by atoms with Crippen molar-refractivity contribution >= 4 is 29.8 Å². The van der Waals surface area contributed by atoms with Gasteiger partial charge in [-0.3, -0.25) is 23.9 Å². The summed E-state index contributed by atoms with van der Waals surface area (Å²) in [5.74, 6) is -6.46. The lowest BCUT2D eigenvalue weighted by Gasteiger charge is -2.36. The second-order valence-electron chi connectivity index (χ2n) is 14.7. The van der Waals surface area contributed by atoms with Crippen molar-refractivity contribution in [3.63, 3.8) is 0 Å². The van der Waals surface area contributed by atoms with Crippen molar-refractivity contribution in [3.8, 4) is 0 Å². The minimum absolute atomic E-state index is 0.0183. The number of halogens is 5. The lowest BCUT2D eigenvalue weighted by atomic mass is 9.81. The molecule has 2 unspecified atom stereocenters. The molecule has 1 saturated heterocycles. The van der Waals surface area contributed by atoms with E-state index >= 15 is 4.39 Å². The molecule has 3 saturated carbocycles. The van der Waals surface area contributed by atoms with E-state index in [1.54, 1.807) is 10.7 Å². The summed E-state index contributed by atoms with van der Waals surface area (Å²) in [6.45, 7) is 5.05. The Kier molecular flexibility index (Phi) is 12.6. The maximum absolute atomic E-state index is 15.7. The highest BCUT2D eigenvalue weighted by Gasteiger charge is 2.55. The molecule has 0 bridgehead atoms. The van der Waals surface area contributed by atoms with Gasteiger partial charge in [-0.25, -0.2) is 22.0 Å². The molecule has 0 spiro atoms. The van der Waals surface area contributed by atoms with E-state index in [-0.39, 0.29) is 50.2 Å². The molecule has 2 heterocycles. The van der Waals surface area contributed by atoms with Gasteiger partial charge in [-0.2, -0.15) is 5.10 Å². The van der Waals surface area contributed by atoms with Gasteiger partial charge in [-0.15, -0.1) is 0 Å². The number of likely N-dealkylation sites (tertiary alicyclic amines) is 1. The van der Waals surface area contributed by atoms with Crippen LogP contribution in [0.1, 0.15) is 101 Å². The fourth-order valence-corrected chi connectivity index (χ4v) is 7.33. The van der Waals surface area contributed by atoms with Crippen LogP contribution in [0.25, 0.3) is 0 Å². The molecule has 286 valence electrons. The predicted octanol–water partition coefficient (Wildman–Crippen LogP) is 6.06. The molecule has 10 nitrogen and oxygen atoms in total. The maximum Gasteiger partial charge on any atom is 0.270 e. The van der Waals surface area contributed by atoms with Crippen molar-refractivity contribution in [1.29, 1.82) is 0 Å². The third-order valence-electron chi connectivity index (χ3n) is 10.7. The molecule has 1 aromatic carbocycles. The van der Waals surface area contributed by atoms with E-state index in [0.717, 1.165) is 12.8 Å². The average Bonchev–Trinajstić information content (AvgIpc) is 4.05. The standard InChI is InChI=1S/C34H41F5N6O4.C3H8/c35-24-17-23(33(12-13-33)28(40-19-46)32(49)44-15-8-22(9-16-44)29(36)37)3-4-25(24)42-31(48)27(21-5-10-34(38,39)11-6-21)43-30(47)26-7-14-41-45(26)18-20-1-2-20;1-3-2/h3-4,7,14,17,19-22,27-29H,1-2,5-6,8-13,15-16,18H2,(H,40,46)(H,42,48)(H,43,47);3H2,1-2H3. The number of anilines is 1. The average molecular weight is 737 g/mol. The largest absolute Gasteiger partial charge is 0.346 e. The zero-order valence-corrected chi connectivity index (χ0v) is 29.7. The first-order valence-corrected chi connectivity index (χ1v) is 18.4. The molecule has 2 atom stereocenters. The molecular weight excluding hydrogens is 687 g/mol. The third kappa shape index (κ3) is 9.30. The third-order valence-corrected chi connectivity index (χ3v) is 10.7. The SMILES string of the molecule is CCC.O=CNC(C(=O)N1CCC(C(F)F)CC1)C1(c2ccc(NC(=O)C(NC(=O)c3ccnn3CC3CC3)C3CCC(F)(F)CC3)c(F)c2)CC1. The lowest BCUT2D eigenvalue weighted by molar-refractivity contribution is -0.138. The van der Waals surface area contributed by atoms with E-state index in [9.17, 15) is 36.7 Å². The first-order valence-electron chi connectivity index (χ1n) is 18.4. The lowest BCUT2D eigenvalue weighted by Crippen LogP contribution is -2.54. The molecular formula is C37H49F5N6O4. The first-order chi connectivity index (χ1) is 24.8. The molecule has 52 heavy (non-hydrogen) atoms. The quantitative estimate of drug-likeness (QED) is 0.170. The molecule has 3 aliphatic carbocycles. The number of piperidine rings is 1. The second-order valence-corrected chi connectivity index (χ2v) is 14.7. The van der Waals surface area contributed by atoms with Gasteiger partial charge in [0, 0.05) is 50.0 Å². The van der Waals surface area contributed by atoms with Gasteiger partial charge in [-0.1, -0.05) is 26.3 Å². The van der Waals surface area contributed by atoms with Gasteiger partial charge >= 0.3 is 0 Å². The maximum atomic E-state index is 15.7. The molecule has 4 fully saturated rings. The Hall–Kier alpha value is -4.04. The second kappa shape index (κ2) is 16.7. The van der Waals surface area contributed by atoms with Crippen molar-refractivity contribution in [1.82, 2.24) is 25.3 Å². The van der Waals surface area contributed by atoms with E-state index in [1.807, 2.05) is 0 Å². The molecule has 15 heteroatoms. The van der Waals surface area contributed by atoms with Crippen LogP contribution in [0.15, 0.2) is 30.5 Å². The number of hydrogen-bond donors (Lipinski definition) is 3. The van der Waals surface area contributed by atoms with E-state index < -0.39 is 78.1 Å². The molecule has 4 amide bonds. The highest BCUT2D eigenvalue weighted by atomic mass is 19.3. The van der Waals surface area contributed by atoms with Gasteiger partial charge in [0.1, 0.15) is 23.6 Å². The Morgan fingerprint density at radius 1 is 0.962 bits per heavy atom. The van der Waals surface area contributed by atoms with E-state index in [2.05, 4.69) is 34.9 Å². The number of carbonyl (C=O) groups excluding carboxylic acids is 4. The number of alkyl halides is 4. The molecule has 6 rings (SSSR count). The van der Waals surface area contributed by atoms with Crippen LogP contribution >= 0.6 is 0 Å². The van der Waals surface area contributed by atoms with Crippen LogP contribution in [0.5, 0.6) is 0 Å². The van der Waals surface area contributed by atoms with Gasteiger partial charge in [-0.05, 0) is 87.0 Å². The summed E-state index contributed by atoms with van der Waals surface area (Å²) in [6.07, 6.45) is 2.99. The Labute approximate surface area is 300 Å². The van der Waals surface area contributed by atoms with Gasteiger partial charge in [0.2, 0.25) is 30.6 Å². The number of hydrogen-bond acceptors (Lipinski definition) is 5. The zero-order chi connectivity index (χ0) is 37.6. The molecule has 2 aromatic rings. The van der Waals surface area contributed by atoms with Crippen molar-refractivity contribution in [3.05, 3.63) is 47.5 Å². The van der Waals surface area contributed by atoms with Crippen LogP contribution in [0.4, 0.5) is 27.6 Å². The van der Waals surface area contributed by atoms with Crippen LogP contribution in [0, 0.1) is 23.6 Å². The number of carbonyl (C=O) groups is 4. The minimum atomic E-state index is -2.87. The van der Waals surface area contributed by atoms with E-state index in [1.165, 1.54) is 35.7 Å². The summed E-state index contributed by atoms with van der Waals surface area (Å²) in [7, 11) is 0. The number of benzene rings is 1. The molecule has 0 radical (unpaired) electrons. The van der Waals surface area contributed by atoms with Crippen LogP contribution in [-0.2, 0) is 26.3 Å². The molecule has 4 aliphatic rings. The van der Waals surface area contributed by atoms with Crippen molar-refractivity contribution in [2.75, 3.05) is 18.4 Å². The minimum Gasteiger partial charge on any atom is -0.346 e. The molecule has 3 N–H and O–H groups in total. The van der Waals surface area contributed by atoms with Gasteiger partial charge in [0.05, 0.1) is 5.69 Å². The van der Waals surface area contributed by atoms with Crippen molar-refractivity contribution in [2.45, 2.75) is 121 Å². The van der Waals surface area contributed by atoms with Crippen molar-refractivity contribution < 1.29 is 41.1 Å². The van der Waals surface area contributed by atoms with Crippen LogP contribution in [-0.4, -0.2) is 76.3 Å². The summed E-state index contributed by atoms with van der Waals surface area (Å²) in [4.78, 5) is 53.6. The van der Waals surface area contributed by atoms with E-state index in [0.29, 0.717) is 37.3 Å². The monoisotopic (exact) mass is 736 g/mol. The first kappa shape index (κ1) is 39.2. The number of amides is 4. The summed E-state index contributed by atoms with van der Waals surface area (Å²) in [6, 6.07) is 3.32. The summed E-state index contributed by atoms with van der Waals surface area (Å²) >= 11 is 0. The predicted molar refractivity (Wildman–Crippen MR) is 183 cm³/mol. The summed E-state index contributed by atoms with van der Waals surface area (Å²) in [5.41, 5.74) is -0.471. The molecule has 1 aromatic heterocycles. The summed E-state index contributed by atoms with van der Waals surface area (Å²) < 4.78 is 71.6. The fraction of sp³-hybridized carbons (Fsp3) is 0.649. The van der Waals surface area contributed by atoms with Crippen molar-refractivity contribution in [2.24, 2.45) is 17.8 Å². The number of nitrogens with zero attached hydrogens (tertiary/aromatic N) is 3. The topological polar surface area (TPSA) is 125 Å². The normalized spacial score (nSPS) is 21.0. The smallest absolute Gasteiger partial charge is 0.270 e. The van der Waals surface area contributed by atoms with E-state index in [4.69, 9.17) is 0 Å². The number of nitrogens with one attached hydrogen (secondary N) is 3. The van der Waals surface area contributed by atoms with Crippen LogP contribution < -0.4 is 16.0 Å². The Morgan fingerprint density at radius 3 is 2.17 bits per heavy atom. The summed E-state index contributed by atoms with van der Waals surface area (Å²) in [5, 5.41) is 12.0. The van der Waals surface area contributed by atoms with Gasteiger partial charge in [0.15, 0.2) is 0 Å². The fourth-order valence-electron chi connectivity index (χ4n) is 7.33. The zero-order valence-electron chi connectivity index (χ0n) is 29.7.